The third kappa shape index (κ3) is 10.5. The van der Waals surface area contributed by atoms with E-state index >= 15 is 8.42 Å². The Morgan fingerprint density at radius 1 is 1.01 bits per heavy atom. The first-order valence-electron chi connectivity index (χ1n) is 23.9. The first kappa shape index (κ1) is 48.3. The molecule has 1 aromatic heterocycles. The summed E-state index contributed by atoms with van der Waals surface area (Å²) < 4.78 is 59.2. The molecule has 3 heterocycles. The zero-order valence-corrected chi connectivity index (χ0v) is 39.2. The molecule has 1 saturated heterocycles. The second-order valence-electron chi connectivity index (χ2n) is 17.8. The molecule has 8 rings (SSSR count). The second-order valence-corrected chi connectivity index (χ2v) is 19.7. The molecule has 1 saturated carbocycles. The van der Waals surface area contributed by atoms with Crippen LogP contribution in [0, 0.1) is 17.8 Å². The van der Waals surface area contributed by atoms with Gasteiger partial charge < -0.3 is 39.3 Å². The molecule has 67 heavy (non-hydrogen) atoms. The summed E-state index contributed by atoms with van der Waals surface area (Å²) in [5.74, 6) is -2.03. The molecule has 1 amide bonds. The van der Waals surface area contributed by atoms with E-state index in [0.29, 0.717) is 66.8 Å². The van der Waals surface area contributed by atoms with Crippen molar-refractivity contribution in [3.63, 3.8) is 0 Å². The van der Waals surface area contributed by atoms with Gasteiger partial charge in [-0.25, -0.2) is 13.2 Å². The lowest BCUT2D eigenvalue weighted by Gasteiger charge is -2.59. The van der Waals surface area contributed by atoms with Crippen molar-refractivity contribution < 1.29 is 47.2 Å². The van der Waals surface area contributed by atoms with E-state index in [0.717, 1.165) is 48.8 Å². The van der Waals surface area contributed by atoms with Crippen LogP contribution in [-0.2, 0) is 30.9 Å². The molecule has 3 aromatic carbocycles. The van der Waals surface area contributed by atoms with Crippen molar-refractivity contribution in [3.8, 4) is 11.5 Å². The van der Waals surface area contributed by atoms with Gasteiger partial charge in [0.1, 0.15) is 16.4 Å². The molecule has 2 aliphatic carbocycles. The molecule has 7 atom stereocenters. The van der Waals surface area contributed by atoms with Gasteiger partial charge in [-0.05, 0) is 98.2 Å². The predicted octanol–water partition coefficient (Wildman–Crippen LogP) is 8.78. The summed E-state index contributed by atoms with van der Waals surface area (Å²) in [6, 6.07) is 22.7. The normalized spacial score (nSPS) is 25.1. The van der Waals surface area contributed by atoms with Gasteiger partial charge in [-0.3, -0.25) is 4.98 Å². The molecule has 2 fully saturated rings. The standard InChI is InChI=1S/C52H64N4O10S/c1-3-27-56(67(60,61)45-22-14-19-37-20-15-26-53-50(37)45)46-34-43(55-66-47-23-10-13-31-62-47)41-32-38(18-8-11-28-57)40(21-9-12-29-58)48-42-33-39(64-51(59)54-35-36-16-6-5-7-17-36)24-25-44(42)65-52(46,49(41)48)63-30-4-2/h4-7,14-17,19-20,22,24-26,32-33,38,40,46-49,57-58H,2-3,8-13,18,21,23,27-31,34-35H2,1H3,(H,54,59). The van der Waals surface area contributed by atoms with E-state index in [4.69, 9.17) is 28.9 Å². The van der Waals surface area contributed by atoms with Crippen molar-refractivity contribution in [3.05, 3.63) is 120 Å². The smallest absolute Gasteiger partial charge is 0.412 e. The van der Waals surface area contributed by atoms with Gasteiger partial charge in [0.15, 0.2) is 0 Å². The molecule has 7 unspecified atom stereocenters. The van der Waals surface area contributed by atoms with E-state index in [1.54, 1.807) is 42.6 Å². The van der Waals surface area contributed by atoms with Gasteiger partial charge in [-0.1, -0.05) is 85.6 Å². The summed E-state index contributed by atoms with van der Waals surface area (Å²) in [5, 5.41) is 28.5. The lowest BCUT2D eigenvalue weighted by molar-refractivity contribution is -0.251. The number of sulfonamides is 1. The minimum absolute atomic E-state index is 0.0333. The maximum Gasteiger partial charge on any atom is 0.412 e. The van der Waals surface area contributed by atoms with Crippen LogP contribution in [0.5, 0.6) is 11.5 Å². The molecule has 0 spiro atoms. The Kier molecular flexibility index (Phi) is 16.1. The van der Waals surface area contributed by atoms with Crippen LogP contribution in [0.25, 0.3) is 10.9 Å². The van der Waals surface area contributed by atoms with E-state index in [-0.39, 0.29) is 56.1 Å². The van der Waals surface area contributed by atoms with Gasteiger partial charge >= 0.3 is 6.09 Å². The van der Waals surface area contributed by atoms with Crippen LogP contribution >= 0.6 is 0 Å². The van der Waals surface area contributed by atoms with Crippen molar-refractivity contribution in [1.29, 1.82) is 0 Å². The summed E-state index contributed by atoms with van der Waals surface area (Å²) in [7, 11) is -4.34. The molecular weight excluding hydrogens is 873 g/mol. The largest absolute Gasteiger partial charge is 0.460 e. The second kappa shape index (κ2) is 22.3. The van der Waals surface area contributed by atoms with Crippen LogP contribution in [0.3, 0.4) is 0 Å². The van der Waals surface area contributed by atoms with Crippen molar-refractivity contribution in [1.82, 2.24) is 14.6 Å². The molecule has 14 nitrogen and oxygen atoms in total. The number of aliphatic hydroxyl groups is 2. The van der Waals surface area contributed by atoms with Crippen LogP contribution in [0.1, 0.15) is 94.6 Å². The molecule has 0 radical (unpaired) electrons. The van der Waals surface area contributed by atoms with Crippen LogP contribution in [0.4, 0.5) is 4.79 Å². The van der Waals surface area contributed by atoms with Gasteiger partial charge in [-0.15, -0.1) is 6.58 Å². The Labute approximate surface area is 394 Å². The number of nitrogens with one attached hydrogen (secondary N) is 1. The van der Waals surface area contributed by atoms with E-state index in [9.17, 15) is 15.0 Å². The van der Waals surface area contributed by atoms with Gasteiger partial charge in [0.2, 0.25) is 22.1 Å². The predicted molar refractivity (Wildman–Crippen MR) is 255 cm³/mol. The molecule has 4 aromatic rings. The van der Waals surface area contributed by atoms with Gasteiger partial charge in [0.05, 0.1) is 36.4 Å². The first-order valence-corrected chi connectivity index (χ1v) is 25.4. The highest BCUT2D eigenvalue weighted by Crippen LogP contribution is 2.62. The number of ether oxygens (including phenoxy) is 4. The maximum atomic E-state index is 15.6. The van der Waals surface area contributed by atoms with E-state index in [1.165, 1.54) is 4.31 Å². The molecule has 2 aliphatic heterocycles. The lowest BCUT2D eigenvalue weighted by atomic mass is 9.55. The number of fused-ring (bicyclic) bond motifs is 3. The topological polar surface area (TPSA) is 178 Å². The fourth-order valence-electron chi connectivity index (χ4n) is 10.6. The van der Waals surface area contributed by atoms with Crippen LogP contribution in [-0.4, -0.2) is 90.8 Å². The molecular formula is C52H64N4O10S. The Balaban J connectivity index is 1.32. The minimum Gasteiger partial charge on any atom is -0.460 e. The molecule has 0 bridgehead atoms. The number of allylic oxidation sites excluding steroid dienone is 1. The van der Waals surface area contributed by atoms with Crippen molar-refractivity contribution in [2.45, 2.75) is 113 Å². The molecule has 3 N–H and O–H groups in total. The van der Waals surface area contributed by atoms with E-state index < -0.39 is 46.1 Å². The van der Waals surface area contributed by atoms with Gasteiger partial charge in [0, 0.05) is 62.2 Å². The molecule has 15 heteroatoms. The highest BCUT2D eigenvalue weighted by molar-refractivity contribution is 7.89. The summed E-state index contributed by atoms with van der Waals surface area (Å²) in [5.41, 5.74) is 3.46. The number of oxime groups is 1. The fraction of sp³-hybridized carbons (Fsp3) is 0.481. The number of carbonyl (C=O) groups is 1. The van der Waals surface area contributed by atoms with Crippen molar-refractivity contribution in [2.24, 2.45) is 22.9 Å². The number of hydrogen-bond donors (Lipinski definition) is 3. The Morgan fingerprint density at radius 2 is 1.82 bits per heavy atom. The van der Waals surface area contributed by atoms with Crippen molar-refractivity contribution >= 4 is 32.7 Å². The number of aliphatic hydroxyl groups excluding tert-OH is 2. The number of carbonyl (C=O) groups excluding carboxylic acids is 1. The third-order valence-corrected chi connectivity index (χ3v) is 15.5. The first-order chi connectivity index (χ1) is 32.7. The van der Waals surface area contributed by atoms with E-state index in [2.05, 4.69) is 23.0 Å². The monoisotopic (exact) mass is 936 g/mol. The highest BCUT2D eigenvalue weighted by Gasteiger charge is 2.66. The molecule has 4 aliphatic rings. The maximum absolute atomic E-state index is 15.6. The summed E-state index contributed by atoms with van der Waals surface area (Å²) >= 11 is 0. The number of hydrogen-bond acceptors (Lipinski definition) is 12. The van der Waals surface area contributed by atoms with Crippen LogP contribution in [0.2, 0.25) is 0 Å². The Bertz CT molecular complexity index is 2490. The van der Waals surface area contributed by atoms with Gasteiger partial charge in [-0.2, -0.15) is 4.31 Å². The van der Waals surface area contributed by atoms with Gasteiger partial charge in [0.25, 0.3) is 0 Å². The summed E-state index contributed by atoms with van der Waals surface area (Å²) in [6.45, 7) is 7.05. The number of benzene rings is 3. The number of unbranched alkanes of at least 4 members (excludes halogenated alkanes) is 2. The molecule has 358 valence electrons. The number of para-hydroxylation sites is 1. The number of nitrogens with zero attached hydrogens (tertiary/aromatic N) is 3. The number of pyridine rings is 1. The zero-order valence-electron chi connectivity index (χ0n) is 38.3. The zero-order chi connectivity index (χ0) is 46.8. The SMILES string of the molecule is C=CCOC12Oc3ccc(OC(=O)NCc4ccccc4)cc3C3C(CCCCO)C(CCCCO)C=C(C(=NOC4CCCCO4)CC1N(CCC)S(=O)(=O)c1cccc4cccnc14)C32. The average Bonchev–Trinajstić information content (AvgIpc) is 3.35. The van der Waals surface area contributed by atoms with Crippen molar-refractivity contribution in [2.75, 3.05) is 33.0 Å². The highest BCUT2D eigenvalue weighted by atomic mass is 32.2. The fourth-order valence-corrected chi connectivity index (χ4v) is 12.5. The van der Waals surface area contributed by atoms with Crippen LogP contribution in [0.15, 0.2) is 119 Å². The average molecular weight is 937 g/mol. The third-order valence-electron chi connectivity index (χ3n) is 13.5. The number of amides is 1. The minimum atomic E-state index is -4.34. The number of rotatable bonds is 21. The number of aromatic nitrogens is 1. The Hall–Kier alpha value is -5.16. The Morgan fingerprint density at radius 3 is 2.58 bits per heavy atom. The quantitative estimate of drug-likeness (QED) is 0.0413. The summed E-state index contributed by atoms with van der Waals surface area (Å²) in [6.07, 6.45) is 11.5. The van der Waals surface area contributed by atoms with Crippen LogP contribution < -0.4 is 14.8 Å². The lowest BCUT2D eigenvalue weighted by Crippen LogP contribution is -2.70. The van der Waals surface area contributed by atoms with E-state index in [1.807, 2.05) is 55.5 Å². The summed E-state index contributed by atoms with van der Waals surface area (Å²) in [4.78, 5) is 24.3.